The number of allylic oxidation sites excluding steroid dienone is 3. The van der Waals surface area contributed by atoms with Crippen molar-refractivity contribution in [1.29, 1.82) is 0 Å². The molecule has 4 aliphatic rings. The van der Waals surface area contributed by atoms with Crippen LogP contribution in [0.15, 0.2) is 34.3 Å². The topological polar surface area (TPSA) is 66.5 Å². The first-order chi connectivity index (χ1) is 12.8. The summed E-state index contributed by atoms with van der Waals surface area (Å²) in [5.41, 5.74) is 2.57. The van der Waals surface area contributed by atoms with Gasteiger partial charge in [0.25, 0.3) is 0 Å². The maximum atomic E-state index is 10.9. The summed E-state index contributed by atoms with van der Waals surface area (Å²) in [6, 6.07) is 0. The summed E-state index contributed by atoms with van der Waals surface area (Å²) in [7, 11) is 0. The number of hydrogen-bond acceptors (Lipinski definition) is 4. The summed E-state index contributed by atoms with van der Waals surface area (Å²) in [6.07, 6.45) is 11.4. The SMILES string of the molecule is CC1C=C2CC(O)CC[C@]2(C)[C@@H]2CC[C@]3(C)C(c4ncco4)=C(O)C[C@H]3[C@H]12. The van der Waals surface area contributed by atoms with Crippen LogP contribution in [-0.2, 0) is 0 Å². The Morgan fingerprint density at radius 1 is 1.11 bits per heavy atom. The Balaban J connectivity index is 1.55. The molecule has 4 aliphatic carbocycles. The largest absolute Gasteiger partial charge is 0.512 e. The van der Waals surface area contributed by atoms with Gasteiger partial charge in [0, 0.05) is 11.8 Å². The lowest BCUT2D eigenvalue weighted by molar-refractivity contribution is -0.0440. The van der Waals surface area contributed by atoms with Gasteiger partial charge in [-0.2, -0.15) is 0 Å². The van der Waals surface area contributed by atoms with Crippen LogP contribution >= 0.6 is 0 Å². The van der Waals surface area contributed by atoms with Crippen molar-refractivity contribution < 1.29 is 14.6 Å². The van der Waals surface area contributed by atoms with E-state index in [1.165, 1.54) is 12.0 Å². The summed E-state index contributed by atoms with van der Waals surface area (Å²) in [4.78, 5) is 4.37. The van der Waals surface area contributed by atoms with Gasteiger partial charge in [-0.3, -0.25) is 0 Å². The van der Waals surface area contributed by atoms with Crippen LogP contribution in [-0.4, -0.2) is 21.3 Å². The zero-order valence-corrected chi connectivity index (χ0v) is 16.6. The molecule has 146 valence electrons. The van der Waals surface area contributed by atoms with Gasteiger partial charge in [-0.05, 0) is 61.2 Å². The van der Waals surface area contributed by atoms with E-state index in [0.29, 0.717) is 35.3 Å². The first-order valence-electron chi connectivity index (χ1n) is 10.6. The predicted molar refractivity (Wildman–Crippen MR) is 104 cm³/mol. The lowest BCUT2D eigenvalue weighted by atomic mass is 9.45. The monoisotopic (exact) mass is 369 g/mol. The van der Waals surface area contributed by atoms with E-state index in [-0.39, 0.29) is 16.9 Å². The second-order valence-electron chi connectivity index (χ2n) is 9.97. The highest BCUT2D eigenvalue weighted by Crippen LogP contribution is 2.68. The van der Waals surface area contributed by atoms with E-state index in [4.69, 9.17) is 4.42 Å². The Labute approximate surface area is 161 Å². The highest BCUT2D eigenvalue weighted by molar-refractivity contribution is 5.69. The summed E-state index contributed by atoms with van der Waals surface area (Å²) in [6.45, 7) is 7.10. The molecule has 4 heteroatoms. The number of aromatic nitrogens is 1. The maximum absolute atomic E-state index is 10.9. The van der Waals surface area contributed by atoms with E-state index < -0.39 is 0 Å². The van der Waals surface area contributed by atoms with E-state index >= 15 is 0 Å². The molecule has 5 rings (SSSR count). The summed E-state index contributed by atoms with van der Waals surface area (Å²) >= 11 is 0. The van der Waals surface area contributed by atoms with E-state index in [9.17, 15) is 10.2 Å². The van der Waals surface area contributed by atoms with Crippen molar-refractivity contribution in [3.05, 3.63) is 35.8 Å². The van der Waals surface area contributed by atoms with Gasteiger partial charge < -0.3 is 14.6 Å². The van der Waals surface area contributed by atoms with Gasteiger partial charge in [0.1, 0.15) is 12.0 Å². The van der Waals surface area contributed by atoms with Gasteiger partial charge >= 0.3 is 0 Å². The molecular weight excluding hydrogens is 338 g/mol. The molecule has 1 aromatic rings. The molecule has 0 amide bonds. The summed E-state index contributed by atoms with van der Waals surface area (Å²) in [5, 5.41) is 21.1. The standard InChI is InChI=1S/C23H31NO3/c1-13-10-14-11-15(25)4-6-22(14,2)16-5-7-23(3)17(19(13)16)12-18(26)20(23)21-24-8-9-27-21/h8-10,13,15-17,19,25-26H,4-7,11-12H2,1-3H3/t13?,15?,16-,17+,19-,22+,23+/m1/s1. The van der Waals surface area contributed by atoms with Crippen molar-refractivity contribution in [2.24, 2.45) is 34.5 Å². The average molecular weight is 370 g/mol. The third-order valence-electron chi connectivity index (χ3n) is 8.72. The van der Waals surface area contributed by atoms with Crippen molar-refractivity contribution in [3.8, 4) is 0 Å². The molecular formula is C23H31NO3. The molecule has 0 aromatic carbocycles. The van der Waals surface area contributed by atoms with Gasteiger partial charge in [-0.1, -0.05) is 32.4 Å². The molecule has 0 aliphatic heterocycles. The van der Waals surface area contributed by atoms with Crippen LogP contribution in [0.2, 0.25) is 0 Å². The molecule has 1 aromatic heterocycles. The smallest absolute Gasteiger partial charge is 0.225 e. The molecule has 2 saturated carbocycles. The van der Waals surface area contributed by atoms with E-state index in [1.807, 2.05) is 0 Å². The quantitative estimate of drug-likeness (QED) is 0.674. The van der Waals surface area contributed by atoms with Crippen molar-refractivity contribution in [2.75, 3.05) is 0 Å². The molecule has 2 fully saturated rings. The molecule has 1 heterocycles. The third-order valence-corrected chi connectivity index (χ3v) is 8.72. The molecule has 0 radical (unpaired) electrons. The fraction of sp³-hybridized carbons (Fsp3) is 0.696. The van der Waals surface area contributed by atoms with Crippen LogP contribution in [0.5, 0.6) is 0 Å². The predicted octanol–water partition coefficient (Wildman–Crippen LogP) is 5.12. The summed E-state index contributed by atoms with van der Waals surface area (Å²) < 4.78 is 5.61. The van der Waals surface area contributed by atoms with Gasteiger partial charge in [-0.15, -0.1) is 0 Å². The van der Waals surface area contributed by atoms with Gasteiger partial charge in [0.05, 0.1) is 17.9 Å². The zero-order valence-electron chi connectivity index (χ0n) is 16.6. The Morgan fingerprint density at radius 2 is 1.89 bits per heavy atom. The number of nitrogens with zero attached hydrogens (tertiary/aromatic N) is 1. The summed E-state index contributed by atoms with van der Waals surface area (Å²) in [5.74, 6) is 3.18. The molecule has 2 N–H and O–H groups in total. The van der Waals surface area contributed by atoms with Gasteiger partial charge in [-0.25, -0.2) is 4.98 Å². The van der Waals surface area contributed by atoms with Gasteiger partial charge in [0.15, 0.2) is 0 Å². The van der Waals surface area contributed by atoms with E-state index in [2.05, 4.69) is 31.8 Å². The first-order valence-corrected chi connectivity index (χ1v) is 10.6. The molecule has 2 unspecified atom stereocenters. The fourth-order valence-corrected chi connectivity index (χ4v) is 7.37. The highest BCUT2D eigenvalue weighted by Gasteiger charge is 2.60. The second-order valence-corrected chi connectivity index (χ2v) is 9.97. The van der Waals surface area contributed by atoms with Crippen LogP contribution < -0.4 is 0 Å². The van der Waals surface area contributed by atoms with Crippen LogP contribution in [0.1, 0.15) is 65.2 Å². The van der Waals surface area contributed by atoms with Crippen molar-refractivity contribution >= 4 is 5.57 Å². The molecule has 27 heavy (non-hydrogen) atoms. The molecule has 0 bridgehead atoms. The van der Waals surface area contributed by atoms with E-state index in [0.717, 1.165) is 37.7 Å². The number of rotatable bonds is 1. The highest BCUT2D eigenvalue weighted by atomic mass is 16.3. The van der Waals surface area contributed by atoms with Crippen LogP contribution in [0.4, 0.5) is 0 Å². The minimum absolute atomic E-state index is 0.0692. The lowest BCUT2D eigenvalue weighted by Gasteiger charge is -2.59. The Kier molecular flexibility index (Phi) is 3.72. The molecule has 0 saturated heterocycles. The third kappa shape index (κ3) is 2.28. The minimum atomic E-state index is -0.171. The Morgan fingerprint density at radius 3 is 2.63 bits per heavy atom. The average Bonchev–Trinajstić information content (AvgIpc) is 3.21. The molecule has 4 nitrogen and oxygen atoms in total. The van der Waals surface area contributed by atoms with Crippen molar-refractivity contribution in [3.63, 3.8) is 0 Å². The first kappa shape index (κ1) is 17.5. The molecule has 7 atom stereocenters. The number of fused-ring (bicyclic) bond motifs is 5. The van der Waals surface area contributed by atoms with Crippen LogP contribution in [0.25, 0.3) is 5.57 Å². The van der Waals surface area contributed by atoms with E-state index in [1.54, 1.807) is 12.5 Å². The lowest BCUT2D eigenvalue weighted by Crippen LogP contribution is -2.52. The number of hydrogen-bond donors (Lipinski definition) is 2. The number of oxazole rings is 1. The van der Waals surface area contributed by atoms with Crippen molar-refractivity contribution in [2.45, 2.75) is 65.4 Å². The maximum Gasteiger partial charge on any atom is 0.225 e. The minimum Gasteiger partial charge on any atom is -0.512 e. The number of aliphatic hydroxyl groups is 2. The normalized spacial score (nSPS) is 46.5. The van der Waals surface area contributed by atoms with Gasteiger partial charge in [0.2, 0.25) is 5.89 Å². The number of aliphatic hydroxyl groups excluding tert-OH is 2. The van der Waals surface area contributed by atoms with Crippen LogP contribution in [0.3, 0.4) is 0 Å². The second kappa shape index (κ2) is 5.73. The van der Waals surface area contributed by atoms with Crippen LogP contribution in [0, 0.1) is 34.5 Å². The zero-order chi connectivity index (χ0) is 19.0. The fourth-order valence-electron chi connectivity index (χ4n) is 7.37. The Hall–Kier alpha value is -1.55. The Bertz CT molecular complexity index is 810. The molecule has 0 spiro atoms. The van der Waals surface area contributed by atoms with Crippen molar-refractivity contribution in [1.82, 2.24) is 4.98 Å².